The molecule has 1 aliphatic rings. The summed E-state index contributed by atoms with van der Waals surface area (Å²) < 4.78 is 18.6. The van der Waals surface area contributed by atoms with Crippen LogP contribution in [0.4, 0.5) is 10.5 Å². The number of methoxy groups -OCH3 is 1. The van der Waals surface area contributed by atoms with E-state index in [2.05, 4.69) is 21.0 Å². The second kappa shape index (κ2) is 9.66. The van der Waals surface area contributed by atoms with Gasteiger partial charge in [0.25, 0.3) is 0 Å². The van der Waals surface area contributed by atoms with Gasteiger partial charge in [0.2, 0.25) is 5.88 Å². The van der Waals surface area contributed by atoms with Gasteiger partial charge in [-0.05, 0) is 62.2 Å². The van der Waals surface area contributed by atoms with Gasteiger partial charge in [-0.25, -0.2) is 19.7 Å². The quantitative estimate of drug-likeness (QED) is 0.304. The topological polar surface area (TPSA) is 120 Å². The molecule has 0 saturated carbocycles. The van der Waals surface area contributed by atoms with E-state index in [0.717, 1.165) is 48.6 Å². The van der Waals surface area contributed by atoms with Gasteiger partial charge in [0, 0.05) is 11.3 Å². The summed E-state index contributed by atoms with van der Waals surface area (Å²) in [4.78, 5) is 31.5. The van der Waals surface area contributed by atoms with E-state index in [-0.39, 0.29) is 13.2 Å². The van der Waals surface area contributed by atoms with Crippen LogP contribution in [-0.2, 0) is 0 Å². The summed E-state index contributed by atoms with van der Waals surface area (Å²) in [6, 6.07) is 9.43. The summed E-state index contributed by atoms with van der Waals surface area (Å²) in [5, 5.41) is 10.6. The van der Waals surface area contributed by atoms with Gasteiger partial charge in [-0.3, -0.25) is 9.88 Å². The summed E-state index contributed by atoms with van der Waals surface area (Å²) in [7, 11) is 1.57. The average molecular weight is 544 g/mol. The number of carboxylic acid groups (broad SMARTS) is 1. The molecule has 0 unspecified atom stereocenters. The molecular formula is C28H25N5O5S. The normalized spacial score (nSPS) is 14.5. The van der Waals surface area contributed by atoms with Crippen molar-refractivity contribution in [2.24, 2.45) is 0 Å². The van der Waals surface area contributed by atoms with Gasteiger partial charge in [-0.2, -0.15) is 0 Å². The minimum atomic E-state index is -1.08. The highest BCUT2D eigenvalue weighted by molar-refractivity contribution is 7.22. The van der Waals surface area contributed by atoms with E-state index in [1.54, 1.807) is 31.6 Å². The molecule has 1 amide bonds. The fourth-order valence-electron chi connectivity index (χ4n) is 4.63. The third-order valence-electron chi connectivity index (χ3n) is 6.52. The molecule has 0 saturated heterocycles. The fourth-order valence-corrected chi connectivity index (χ4v) is 5.78. The number of aryl methyl sites for hydroxylation is 3. The van der Waals surface area contributed by atoms with Gasteiger partial charge in [-0.1, -0.05) is 0 Å². The van der Waals surface area contributed by atoms with Crippen molar-refractivity contribution in [1.82, 2.24) is 19.9 Å². The maximum atomic E-state index is 12.0. The van der Waals surface area contributed by atoms with Crippen LogP contribution in [0.1, 0.15) is 16.8 Å². The molecular weight excluding hydrogens is 518 g/mol. The minimum Gasteiger partial charge on any atom is -0.484 e. The highest BCUT2D eigenvalue weighted by atomic mass is 32.1. The molecule has 10 nitrogen and oxygen atoms in total. The summed E-state index contributed by atoms with van der Waals surface area (Å²) in [6.07, 6.45) is 1.57. The molecule has 1 N–H and O–H groups in total. The smallest absolute Gasteiger partial charge is 0.411 e. The van der Waals surface area contributed by atoms with E-state index in [4.69, 9.17) is 19.2 Å². The number of hydrogen-bond donors (Lipinski definition) is 1. The zero-order chi connectivity index (χ0) is 27.3. The largest absolute Gasteiger partial charge is 0.484 e. The molecule has 2 aromatic carbocycles. The van der Waals surface area contributed by atoms with E-state index in [1.165, 1.54) is 16.2 Å². The summed E-state index contributed by atoms with van der Waals surface area (Å²) in [6.45, 7) is 6.13. The number of nitrogens with zero attached hydrogens (tertiary/aromatic N) is 5. The first kappa shape index (κ1) is 24.8. The van der Waals surface area contributed by atoms with E-state index in [0.29, 0.717) is 23.1 Å². The predicted octanol–water partition coefficient (Wildman–Crippen LogP) is 5.56. The molecule has 0 radical (unpaired) electrons. The third-order valence-corrected chi connectivity index (χ3v) is 7.61. The lowest BCUT2D eigenvalue weighted by atomic mass is 10.1. The van der Waals surface area contributed by atoms with Gasteiger partial charge < -0.3 is 19.3 Å². The fraction of sp³-hybridized carbons (Fsp3) is 0.250. The molecule has 4 heterocycles. The summed E-state index contributed by atoms with van der Waals surface area (Å²) in [5.74, 6) is 1.63. The lowest BCUT2D eigenvalue weighted by Crippen LogP contribution is -2.43. The van der Waals surface area contributed by atoms with Gasteiger partial charge in [-0.15, -0.1) is 11.3 Å². The molecule has 0 fully saturated rings. The second-order valence-corrected chi connectivity index (χ2v) is 10.4. The number of carbonyl (C=O) groups is 1. The van der Waals surface area contributed by atoms with Crippen LogP contribution in [-0.4, -0.2) is 57.5 Å². The molecule has 3 aromatic heterocycles. The number of ether oxygens (including phenoxy) is 3. The van der Waals surface area contributed by atoms with Gasteiger partial charge in [0.1, 0.15) is 16.3 Å². The van der Waals surface area contributed by atoms with Crippen molar-refractivity contribution in [2.75, 3.05) is 25.2 Å². The molecule has 0 aliphatic carbocycles. The van der Waals surface area contributed by atoms with Crippen molar-refractivity contribution in [3.63, 3.8) is 0 Å². The molecule has 11 heteroatoms. The first-order valence-electron chi connectivity index (χ1n) is 12.3. The number of aromatic nitrogens is 4. The Bertz CT molecular complexity index is 1740. The lowest BCUT2D eigenvalue weighted by molar-refractivity contribution is 0.0961. The maximum absolute atomic E-state index is 12.0. The zero-order valence-corrected chi connectivity index (χ0v) is 22.6. The van der Waals surface area contributed by atoms with Gasteiger partial charge >= 0.3 is 6.09 Å². The first-order chi connectivity index (χ1) is 18.8. The summed E-state index contributed by atoms with van der Waals surface area (Å²) >= 11 is 1.50. The van der Waals surface area contributed by atoms with Crippen molar-refractivity contribution in [3.8, 4) is 28.0 Å². The van der Waals surface area contributed by atoms with Crippen LogP contribution in [0.15, 0.2) is 42.7 Å². The van der Waals surface area contributed by atoms with Crippen LogP contribution >= 0.6 is 11.3 Å². The zero-order valence-electron chi connectivity index (χ0n) is 21.8. The third kappa shape index (κ3) is 4.54. The molecule has 6 rings (SSSR count). The Hall–Kier alpha value is -4.51. The number of fused-ring (bicyclic) bond motifs is 4. The lowest BCUT2D eigenvalue weighted by Gasteiger charge is -2.30. The highest BCUT2D eigenvalue weighted by Crippen LogP contribution is 2.46. The van der Waals surface area contributed by atoms with Crippen LogP contribution in [0, 0.1) is 20.8 Å². The molecule has 39 heavy (non-hydrogen) atoms. The van der Waals surface area contributed by atoms with Gasteiger partial charge in [0.05, 0.1) is 48.3 Å². The molecule has 198 valence electrons. The van der Waals surface area contributed by atoms with E-state index in [9.17, 15) is 9.90 Å². The Morgan fingerprint density at radius 2 is 1.97 bits per heavy atom. The molecule has 0 bridgehead atoms. The maximum Gasteiger partial charge on any atom is 0.411 e. The Morgan fingerprint density at radius 1 is 1.13 bits per heavy atom. The van der Waals surface area contributed by atoms with Crippen molar-refractivity contribution in [1.29, 1.82) is 0 Å². The van der Waals surface area contributed by atoms with E-state index >= 15 is 0 Å². The Kier molecular flexibility index (Phi) is 6.15. The first-order valence-corrected chi connectivity index (χ1v) is 13.1. The SMILES string of the molecule is COc1cnc2c(-c3nc4c(C)cc5c(c4s3)OC[C@@H](CN(C(=O)O)c3ccc(C)nc3)O5)cc(C)cc2n1. The van der Waals surface area contributed by atoms with Gasteiger partial charge in [0.15, 0.2) is 17.6 Å². The molecule has 5 aromatic rings. The number of pyridine rings is 1. The minimum absolute atomic E-state index is 0.0992. The predicted molar refractivity (Wildman–Crippen MR) is 148 cm³/mol. The van der Waals surface area contributed by atoms with E-state index in [1.807, 2.05) is 32.9 Å². The van der Waals surface area contributed by atoms with Crippen LogP contribution < -0.4 is 19.1 Å². The Labute approximate surface area is 227 Å². The van der Waals surface area contributed by atoms with Crippen LogP contribution in [0.5, 0.6) is 17.4 Å². The van der Waals surface area contributed by atoms with Crippen molar-refractivity contribution >= 4 is 44.4 Å². The Morgan fingerprint density at radius 3 is 2.72 bits per heavy atom. The number of anilines is 1. The van der Waals surface area contributed by atoms with E-state index < -0.39 is 12.2 Å². The monoisotopic (exact) mass is 543 g/mol. The van der Waals surface area contributed by atoms with Crippen LogP contribution in [0.25, 0.3) is 31.8 Å². The highest BCUT2D eigenvalue weighted by Gasteiger charge is 2.29. The summed E-state index contributed by atoms with van der Waals surface area (Å²) in [5.41, 5.74) is 6.43. The number of thiazole rings is 1. The number of hydrogen-bond acceptors (Lipinski definition) is 9. The van der Waals surface area contributed by atoms with Crippen LogP contribution in [0.3, 0.4) is 0 Å². The molecule has 1 atom stereocenters. The standard InChI is InChI=1S/C28H25N5O5S/c1-14-7-19(24-20(8-14)31-22(36-4)11-30-24)27-32-23-15(2)9-21-25(26(23)39-27)37-13-18(38-21)12-33(28(34)35)17-6-5-16(3)29-10-17/h5-11,18H,12-13H2,1-4H3,(H,34,35)/t18-/m1/s1. The number of rotatable bonds is 5. The van der Waals surface area contributed by atoms with Crippen LogP contribution in [0.2, 0.25) is 0 Å². The molecule has 1 aliphatic heterocycles. The number of benzene rings is 2. The average Bonchev–Trinajstić information content (AvgIpc) is 3.37. The molecule has 0 spiro atoms. The van der Waals surface area contributed by atoms with Crippen molar-refractivity contribution in [2.45, 2.75) is 26.9 Å². The second-order valence-electron chi connectivity index (χ2n) is 9.41. The Balaban J connectivity index is 1.35. The van der Waals surface area contributed by atoms with Crippen molar-refractivity contribution in [3.05, 3.63) is 59.5 Å². The number of amides is 1. The van der Waals surface area contributed by atoms with Crippen molar-refractivity contribution < 1.29 is 24.1 Å².